The second-order valence-corrected chi connectivity index (χ2v) is 8.44. The van der Waals surface area contributed by atoms with Gasteiger partial charge < -0.3 is 9.88 Å². The Bertz CT molecular complexity index is 1640. The molecule has 0 unspecified atom stereocenters. The van der Waals surface area contributed by atoms with E-state index in [1.165, 1.54) is 10.9 Å². The van der Waals surface area contributed by atoms with Gasteiger partial charge in [-0.15, -0.1) is 0 Å². The van der Waals surface area contributed by atoms with Crippen LogP contribution < -0.4 is 5.32 Å². The largest absolute Gasteiger partial charge is 0.379 e. The van der Waals surface area contributed by atoms with Crippen LogP contribution in [0.4, 0.5) is 5.69 Å². The number of benzene rings is 2. The van der Waals surface area contributed by atoms with Gasteiger partial charge in [-0.05, 0) is 52.9 Å². The van der Waals surface area contributed by atoms with Gasteiger partial charge in [0.15, 0.2) is 0 Å². The summed E-state index contributed by atoms with van der Waals surface area (Å²) in [5, 5.41) is 9.02. The summed E-state index contributed by atoms with van der Waals surface area (Å²) in [6, 6.07) is 16.9. The van der Waals surface area contributed by atoms with Gasteiger partial charge in [0, 0.05) is 67.4 Å². The zero-order valence-electron chi connectivity index (χ0n) is 21.0. The molecule has 6 rings (SSSR count). The van der Waals surface area contributed by atoms with E-state index in [9.17, 15) is 0 Å². The van der Waals surface area contributed by atoms with Crippen LogP contribution in [0.5, 0.6) is 0 Å². The van der Waals surface area contributed by atoms with E-state index < -0.39 is 0 Å². The molecule has 0 fully saturated rings. The second kappa shape index (κ2) is 10.00. The predicted octanol–water partition coefficient (Wildman–Crippen LogP) is 6.22. The molecule has 4 heterocycles. The van der Waals surface area contributed by atoms with E-state index in [1.54, 1.807) is 17.1 Å². The molecule has 7 heteroatoms. The smallest absolute Gasteiger partial charge is 0.0966 e. The Morgan fingerprint density at radius 3 is 2.50 bits per heavy atom. The van der Waals surface area contributed by atoms with E-state index in [-0.39, 0.29) is 0 Å². The van der Waals surface area contributed by atoms with Gasteiger partial charge >= 0.3 is 0 Å². The third kappa shape index (κ3) is 4.55. The molecule has 1 N–H and O–H groups in total. The zero-order chi connectivity index (χ0) is 25.1. The molecule has 0 radical (unpaired) electrons. The SMILES string of the molecule is CC.Cn1cc(-c2ccnc(CNc3cc(-c4ccc5ccn(C)c5c4)c4nccnc4c3)c2)cn1. The van der Waals surface area contributed by atoms with Crippen molar-refractivity contribution in [3.05, 3.63) is 91.4 Å². The minimum atomic E-state index is 0.593. The van der Waals surface area contributed by atoms with Crippen molar-refractivity contribution < 1.29 is 0 Å². The highest BCUT2D eigenvalue weighted by molar-refractivity contribution is 5.97. The van der Waals surface area contributed by atoms with Crippen molar-refractivity contribution in [2.24, 2.45) is 14.1 Å². The first-order chi connectivity index (χ1) is 17.6. The summed E-state index contributed by atoms with van der Waals surface area (Å²) in [5.41, 5.74) is 9.19. The fourth-order valence-corrected chi connectivity index (χ4v) is 4.34. The highest BCUT2D eigenvalue weighted by Gasteiger charge is 2.11. The molecule has 0 aliphatic rings. The van der Waals surface area contributed by atoms with Crippen molar-refractivity contribution >= 4 is 27.6 Å². The number of anilines is 1. The lowest BCUT2D eigenvalue weighted by atomic mass is 10.0. The summed E-state index contributed by atoms with van der Waals surface area (Å²) in [6.07, 6.45) is 11.3. The Kier molecular flexibility index (Phi) is 6.45. The molecule has 0 bridgehead atoms. The number of aromatic nitrogens is 6. The molecule has 0 saturated heterocycles. The van der Waals surface area contributed by atoms with E-state index in [0.717, 1.165) is 44.7 Å². The third-order valence-corrected chi connectivity index (χ3v) is 6.10. The zero-order valence-corrected chi connectivity index (χ0v) is 21.0. The number of rotatable bonds is 5. The van der Waals surface area contributed by atoms with Gasteiger partial charge in [0.25, 0.3) is 0 Å². The van der Waals surface area contributed by atoms with Crippen LogP contribution >= 0.6 is 0 Å². The minimum absolute atomic E-state index is 0.593. The third-order valence-electron chi connectivity index (χ3n) is 6.10. The Hall–Kier alpha value is -4.52. The fourth-order valence-electron chi connectivity index (χ4n) is 4.34. The highest BCUT2D eigenvalue weighted by Crippen LogP contribution is 2.32. The summed E-state index contributed by atoms with van der Waals surface area (Å²) in [4.78, 5) is 13.8. The Labute approximate surface area is 210 Å². The standard InChI is InChI=1S/C27H23N7.C2H6/c1-33-10-6-18-3-4-20(12-26(18)33)24-13-22(14-25-27(24)30-9-8-29-25)31-16-23-11-19(5-7-28-23)21-15-32-34(2)17-21;1-2/h3-15,17,31H,16H2,1-2H3;1-2H3. The number of aryl methyl sites for hydroxylation is 2. The van der Waals surface area contributed by atoms with Gasteiger partial charge in [0.1, 0.15) is 0 Å². The van der Waals surface area contributed by atoms with Gasteiger partial charge in [-0.1, -0.05) is 26.0 Å². The first-order valence-corrected chi connectivity index (χ1v) is 12.1. The maximum atomic E-state index is 4.64. The average Bonchev–Trinajstić information content (AvgIpc) is 3.53. The van der Waals surface area contributed by atoms with Gasteiger partial charge in [-0.3, -0.25) is 19.6 Å². The predicted molar refractivity (Wildman–Crippen MR) is 147 cm³/mol. The first kappa shape index (κ1) is 23.2. The van der Waals surface area contributed by atoms with Crippen LogP contribution in [0.15, 0.2) is 85.7 Å². The number of nitrogens with one attached hydrogen (secondary N) is 1. The molecular formula is C29H29N7. The lowest BCUT2D eigenvalue weighted by Gasteiger charge is -2.12. The van der Waals surface area contributed by atoms with Gasteiger partial charge in [0.05, 0.1) is 29.5 Å². The number of fused-ring (bicyclic) bond motifs is 2. The van der Waals surface area contributed by atoms with Crippen LogP contribution in [-0.2, 0) is 20.6 Å². The van der Waals surface area contributed by atoms with Crippen molar-refractivity contribution in [1.29, 1.82) is 0 Å². The summed E-state index contributed by atoms with van der Waals surface area (Å²) >= 11 is 0. The fraction of sp³-hybridized carbons (Fsp3) is 0.172. The molecule has 0 amide bonds. The molecular weight excluding hydrogens is 446 g/mol. The quantitative estimate of drug-likeness (QED) is 0.320. The Morgan fingerprint density at radius 1 is 0.806 bits per heavy atom. The molecule has 0 atom stereocenters. The van der Waals surface area contributed by atoms with E-state index >= 15 is 0 Å². The topological polar surface area (TPSA) is 73.5 Å². The number of hydrogen-bond acceptors (Lipinski definition) is 5. The average molecular weight is 476 g/mol. The van der Waals surface area contributed by atoms with Crippen LogP contribution in [0.3, 0.4) is 0 Å². The van der Waals surface area contributed by atoms with E-state index in [2.05, 4.69) is 79.6 Å². The van der Waals surface area contributed by atoms with Crippen molar-refractivity contribution in [1.82, 2.24) is 29.3 Å². The molecule has 36 heavy (non-hydrogen) atoms. The van der Waals surface area contributed by atoms with Crippen LogP contribution in [0.25, 0.3) is 44.2 Å². The molecule has 0 spiro atoms. The van der Waals surface area contributed by atoms with Crippen LogP contribution in [0, 0.1) is 0 Å². The van der Waals surface area contributed by atoms with E-state index in [1.807, 2.05) is 51.6 Å². The minimum Gasteiger partial charge on any atom is -0.379 e. The molecule has 7 nitrogen and oxygen atoms in total. The maximum Gasteiger partial charge on any atom is 0.0966 e. The Morgan fingerprint density at radius 2 is 1.67 bits per heavy atom. The van der Waals surface area contributed by atoms with Crippen LogP contribution in [0.2, 0.25) is 0 Å². The maximum absolute atomic E-state index is 4.64. The summed E-state index contributed by atoms with van der Waals surface area (Å²) in [7, 11) is 3.98. The second-order valence-electron chi connectivity index (χ2n) is 8.44. The molecule has 0 saturated carbocycles. The summed E-state index contributed by atoms with van der Waals surface area (Å²) < 4.78 is 3.94. The van der Waals surface area contributed by atoms with Crippen LogP contribution in [-0.4, -0.2) is 29.3 Å². The number of pyridine rings is 1. The van der Waals surface area contributed by atoms with Crippen molar-refractivity contribution in [3.63, 3.8) is 0 Å². The lowest BCUT2D eigenvalue weighted by molar-refractivity contribution is 0.768. The molecule has 180 valence electrons. The van der Waals surface area contributed by atoms with E-state index in [4.69, 9.17) is 0 Å². The van der Waals surface area contributed by atoms with Gasteiger partial charge in [-0.2, -0.15) is 5.10 Å². The van der Waals surface area contributed by atoms with Crippen molar-refractivity contribution in [3.8, 4) is 22.3 Å². The molecule has 0 aliphatic heterocycles. The molecule has 4 aromatic heterocycles. The first-order valence-electron chi connectivity index (χ1n) is 12.1. The van der Waals surface area contributed by atoms with Crippen LogP contribution in [0.1, 0.15) is 19.5 Å². The van der Waals surface area contributed by atoms with Crippen molar-refractivity contribution in [2.75, 3.05) is 5.32 Å². The number of hydrogen-bond donors (Lipinski definition) is 1. The van der Waals surface area contributed by atoms with Gasteiger partial charge in [-0.25, -0.2) is 0 Å². The summed E-state index contributed by atoms with van der Waals surface area (Å²) in [6.45, 7) is 4.59. The number of nitrogens with zero attached hydrogens (tertiary/aromatic N) is 6. The molecule has 0 aliphatic carbocycles. The van der Waals surface area contributed by atoms with Gasteiger partial charge in [0.2, 0.25) is 0 Å². The molecule has 6 aromatic rings. The van der Waals surface area contributed by atoms with Crippen molar-refractivity contribution in [2.45, 2.75) is 20.4 Å². The highest BCUT2D eigenvalue weighted by atomic mass is 15.2. The normalized spacial score (nSPS) is 10.9. The lowest BCUT2D eigenvalue weighted by Crippen LogP contribution is -2.02. The molecule has 2 aromatic carbocycles. The summed E-state index contributed by atoms with van der Waals surface area (Å²) in [5.74, 6) is 0. The Balaban J connectivity index is 0.00000130. The monoisotopic (exact) mass is 475 g/mol. The van der Waals surface area contributed by atoms with E-state index in [0.29, 0.717) is 6.54 Å².